The highest BCUT2D eigenvalue weighted by molar-refractivity contribution is 5.41. The molecule has 21 heavy (non-hydrogen) atoms. The molecule has 120 valence electrons. The topological polar surface area (TPSA) is 83.2 Å². The number of aromatic nitrogens is 3. The van der Waals surface area contributed by atoms with Crippen LogP contribution in [0.4, 0.5) is 17.8 Å². The lowest BCUT2D eigenvalue weighted by Crippen LogP contribution is -2.26. The lowest BCUT2D eigenvalue weighted by molar-refractivity contribution is 0.295. The summed E-state index contributed by atoms with van der Waals surface area (Å²) in [6.07, 6.45) is 2.22. The molecule has 0 bridgehead atoms. The van der Waals surface area contributed by atoms with Crippen molar-refractivity contribution in [3.8, 4) is 0 Å². The molecule has 7 nitrogen and oxygen atoms in total. The average molecular weight is 295 g/mol. The van der Waals surface area contributed by atoms with Gasteiger partial charge in [0.25, 0.3) is 0 Å². The summed E-state index contributed by atoms with van der Waals surface area (Å²) in [5, 5.41) is 3.30. The molecule has 1 aromatic rings. The van der Waals surface area contributed by atoms with E-state index in [4.69, 9.17) is 5.73 Å². The van der Waals surface area contributed by atoms with Crippen LogP contribution in [0.1, 0.15) is 33.6 Å². The SMILES string of the molecule is CCN(CC)CCCC(C)Nc1nc(N)nc(N(C)C)n1. The minimum Gasteiger partial charge on any atom is -0.368 e. The molecule has 0 aliphatic carbocycles. The molecule has 0 radical (unpaired) electrons. The molecular formula is C14H29N7. The number of rotatable bonds is 9. The van der Waals surface area contributed by atoms with Crippen LogP contribution in [0, 0.1) is 0 Å². The van der Waals surface area contributed by atoms with E-state index in [2.05, 4.69) is 45.9 Å². The van der Waals surface area contributed by atoms with E-state index >= 15 is 0 Å². The van der Waals surface area contributed by atoms with E-state index in [1.54, 1.807) is 0 Å². The van der Waals surface area contributed by atoms with Gasteiger partial charge in [0.2, 0.25) is 17.8 Å². The molecule has 1 atom stereocenters. The van der Waals surface area contributed by atoms with Crippen LogP contribution < -0.4 is 16.0 Å². The van der Waals surface area contributed by atoms with Gasteiger partial charge < -0.3 is 20.9 Å². The Labute approximate surface area is 128 Å². The van der Waals surface area contributed by atoms with Crippen molar-refractivity contribution in [2.24, 2.45) is 0 Å². The summed E-state index contributed by atoms with van der Waals surface area (Å²) in [7, 11) is 3.76. The molecule has 1 rings (SSSR count). The Morgan fingerprint density at radius 3 is 2.38 bits per heavy atom. The van der Waals surface area contributed by atoms with Gasteiger partial charge in [-0.2, -0.15) is 15.0 Å². The van der Waals surface area contributed by atoms with Crippen molar-refractivity contribution < 1.29 is 0 Å². The molecule has 1 unspecified atom stereocenters. The van der Waals surface area contributed by atoms with Gasteiger partial charge >= 0.3 is 0 Å². The van der Waals surface area contributed by atoms with Gasteiger partial charge in [0.1, 0.15) is 0 Å². The van der Waals surface area contributed by atoms with Crippen molar-refractivity contribution in [1.82, 2.24) is 19.9 Å². The van der Waals surface area contributed by atoms with Gasteiger partial charge in [-0.05, 0) is 39.4 Å². The van der Waals surface area contributed by atoms with E-state index in [0.29, 0.717) is 17.9 Å². The van der Waals surface area contributed by atoms with E-state index < -0.39 is 0 Å². The van der Waals surface area contributed by atoms with E-state index in [-0.39, 0.29) is 5.95 Å². The first-order chi connectivity index (χ1) is 9.96. The minimum absolute atomic E-state index is 0.242. The zero-order valence-corrected chi connectivity index (χ0v) is 13.9. The molecule has 0 saturated carbocycles. The highest BCUT2D eigenvalue weighted by atomic mass is 15.3. The van der Waals surface area contributed by atoms with Gasteiger partial charge in [0, 0.05) is 20.1 Å². The number of hydrogen-bond acceptors (Lipinski definition) is 7. The Morgan fingerprint density at radius 2 is 1.81 bits per heavy atom. The molecule has 1 aromatic heterocycles. The molecule has 0 amide bonds. The molecule has 0 aliphatic heterocycles. The second kappa shape index (κ2) is 8.61. The second-order valence-electron chi connectivity index (χ2n) is 5.43. The Kier molecular flexibility index (Phi) is 7.14. The van der Waals surface area contributed by atoms with Crippen LogP contribution in [-0.4, -0.2) is 59.6 Å². The molecule has 7 heteroatoms. The fourth-order valence-electron chi connectivity index (χ4n) is 2.10. The highest BCUT2D eigenvalue weighted by Gasteiger charge is 2.09. The molecule has 0 saturated heterocycles. The number of anilines is 3. The Balaban J connectivity index is 2.49. The number of nitrogens with zero attached hydrogens (tertiary/aromatic N) is 5. The Bertz CT molecular complexity index is 418. The molecule has 0 aliphatic rings. The van der Waals surface area contributed by atoms with Crippen LogP contribution in [0.15, 0.2) is 0 Å². The lowest BCUT2D eigenvalue weighted by Gasteiger charge is -2.20. The van der Waals surface area contributed by atoms with E-state index in [0.717, 1.165) is 32.5 Å². The number of hydrogen-bond donors (Lipinski definition) is 2. The molecular weight excluding hydrogens is 266 g/mol. The van der Waals surface area contributed by atoms with Crippen LogP contribution in [0.5, 0.6) is 0 Å². The summed E-state index contributed by atoms with van der Waals surface area (Å²) in [4.78, 5) is 16.8. The van der Waals surface area contributed by atoms with E-state index in [1.165, 1.54) is 0 Å². The van der Waals surface area contributed by atoms with Gasteiger partial charge in [-0.25, -0.2) is 0 Å². The first-order valence-corrected chi connectivity index (χ1v) is 7.64. The summed E-state index contributed by atoms with van der Waals surface area (Å²) in [5.41, 5.74) is 5.71. The minimum atomic E-state index is 0.242. The van der Waals surface area contributed by atoms with Crippen LogP contribution in [0.3, 0.4) is 0 Å². The Hall–Kier alpha value is -1.63. The van der Waals surface area contributed by atoms with Gasteiger partial charge in [-0.3, -0.25) is 0 Å². The molecule has 0 aromatic carbocycles. The predicted octanol–water partition coefficient (Wildman–Crippen LogP) is 1.44. The maximum atomic E-state index is 5.71. The number of nitrogen functional groups attached to an aromatic ring is 1. The largest absolute Gasteiger partial charge is 0.368 e. The van der Waals surface area contributed by atoms with E-state index in [1.807, 2.05) is 19.0 Å². The first-order valence-electron chi connectivity index (χ1n) is 7.64. The van der Waals surface area contributed by atoms with Crippen molar-refractivity contribution in [3.63, 3.8) is 0 Å². The zero-order chi connectivity index (χ0) is 15.8. The number of nitrogens with one attached hydrogen (secondary N) is 1. The molecule has 3 N–H and O–H groups in total. The van der Waals surface area contributed by atoms with Gasteiger partial charge in [-0.15, -0.1) is 0 Å². The summed E-state index contributed by atoms with van der Waals surface area (Å²) < 4.78 is 0. The lowest BCUT2D eigenvalue weighted by atomic mass is 10.2. The summed E-state index contributed by atoms with van der Waals surface area (Å²) in [5.74, 6) is 1.36. The van der Waals surface area contributed by atoms with Gasteiger partial charge in [0.15, 0.2) is 0 Å². The van der Waals surface area contributed by atoms with Crippen molar-refractivity contribution in [1.29, 1.82) is 0 Å². The summed E-state index contributed by atoms with van der Waals surface area (Å²) in [6, 6.07) is 0.303. The fourth-order valence-corrected chi connectivity index (χ4v) is 2.10. The quantitative estimate of drug-likeness (QED) is 0.713. The molecule has 0 spiro atoms. The Morgan fingerprint density at radius 1 is 1.14 bits per heavy atom. The van der Waals surface area contributed by atoms with E-state index in [9.17, 15) is 0 Å². The van der Waals surface area contributed by atoms with Gasteiger partial charge in [-0.1, -0.05) is 13.8 Å². The molecule has 1 heterocycles. The second-order valence-corrected chi connectivity index (χ2v) is 5.43. The average Bonchev–Trinajstić information content (AvgIpc) is 2.43. The fraction of sp³-hybridized carbons (Fsp3) is 0.786. The summed E-state index contributed by atoms with van der Waals surface area (Å²) in [6.45, 7) is 9.87. The van der Waals surface area contributed by atoms with Crippen LogP contribution >= 0.6 is 0 Å². The van der Waals surface area contributed by atoms with Crippen molar-refractivity contribution >= 4 is 17.8 Å². The van der Waals surface area contributed by atoms with Crippen LogP contribution in [0.2, 0.25) is 0 Å². The first kappa shape index (κ1) is 17.4. The molecule has 0 fully saturated rings. The van der Waals surface area contributed by atoms with Crippen molar-refractivity contribution in [3.05, 3.63) is 0 Å². The van der Waals surface area contributed by atoms with Crippen LogP contribution in [0.25, 0.3) is 0 Å². The third kappa shape index (κ3) is 6.12. The maximum Gasteiger partial charge on any atom is 0.231 e. The maximum absolute atomic E-state index is 5.71. The zero-order valence-electron chi connectivity index (χ0n) is 13.9. The van der Waals surface area contributed by atoms with Crippen LogP contribution in [-0.2, 0) is 0 Å². The standard InChI is InChI=1S/C14H29N7/c1-6-21(7-2)10-8-9-11(3)16-13-17-12(15)18-14(19-13)20(4)5/h11H,6-10H2,1-5H3,(H3,15,16,17,18,19). The highest BCUT2D eigenvalue weighted by Crippen LogP contribution is 2.11. The monoisotopic (exact) mass is 295 g/mol. The van der Waals surface area contributed by atoms with Crippen molar-refractivity contribution in [2.45, 2.75) is 39.7 Å². The number of nitrogens with two attached hydrogens (primary N) is 1. The third-order valence-electron chi connectivity index (χ3n) is 3.42. The van der Waals surface area contributed by atoms with Gasteiger partial charge in [0.05, 0.1) is 0 Å². The third-order valence-corrected chi connectivity index (χ3v) is 3.42. The summed E-state index contributed by atoms with van der Waals surface area (Å²) >= 11 is 0. The smallest absolute Gasteiger partial charge is 0.231 e. The van der Waals surface area contributed by atoms with Crippen molar-refractivity contribution in [2.75, 3.05) is 49.7 Å². The normalized spacial score (nSPS) is 12.5. The predicted molar refractivity (Wildman–Crippen MR) is 88.7 cm³/mol.